The maximum Gasteiger partial charge on any atom is 0.333 e. The number of aryl methyl sites for hydroxylation is 1. The van der Waals surface area contributed by atoms with Crippen LogP contribution in [-0.2, 0) is 13.1 Å². The SMILES string of the molecule is CCn1nc2ccccc2c1C(=O)NC1CCC(Cn2c(=O)n(-c3ccc(OC)cc3)c3ccccc32)CC1. The second kappa shape index (κ2) is 10.4. The van der Waals surface area contributed by atoms with E-state index in [0.29, 0.717) is 24.7 Å². The van der Waals surface area contributed by atoms with E-state index in [-0.39, 0.29) is 17.6 Å². The van der Waals surface area contributed by atoms with Crippen molar-refractivity contribution < 1.29 is 9.53 Å². The van der Waals surface area contributed by atoms with Gasteiger partial charge in [0.05, 0.1) is 29.3 Å². The molecule has 1 amide bonds. The van der Waals surface area contributed by atoms with E-state index in [1.807, 2.05) is 84.3 Å². The molecule has 2 heterocycles. The fourth-order valence-electron chi connectivity index (χ4n) is 5.92. The Hall–Kier alpha value is -4.33. The largest absolute Gasteiger partial charge is 0.497 e. The molecule has 1 aliphatic carbocycles. The third kappa shape index (κ3) is 4.60. The molecule has 0 bridgehead atoms. The van der Waals surface area contributed by atoms with Gasteiger partial charge in [-0.1, -0.05) is 30.3 Å². The molecule has 200 valence electrons. The minimum Gasteiger partial charge on any atom is -0.497 e. The van der Waals surface area contributed by atoms with Gasteiger partial charge in [-0.15, -0.1) is 0 Å². The number of aromatic nitrogens is 4. The number of nitrogens with zero attached hydrogens (tertiary/aromatic N) is 4. The summed E-state index contributed by atoms with van der Waals surface area (Å²) in [6, 6.07) is 23.4. The number of nitrogens with one attached hydrogen (secondary N) is 1. The summed E-state index contributed by atoms with van der Waals surface area (Å²) in [7, 11) is 1.63. The summed E-state index contributed by atoms with van der Waals surface area (Å²) in [4.78, 5) is 26.9. The second-order valence-corrected chi connectivity index (χ2v) is 10.3. The van der Waals surface area contributed by atoms with Crippen LogP contribution >= 0.6 is 0 Å². The zero-order valence-electron chi connectivity index (χ0n) is 22.3. The molecular weight excluding hydrogens is 490 g/mol. The van der Waals surface area contributed by atoms with Gasteiger partial charge in [-0.2, -0.15) is 5.10 Å². The number of fused-ring (bicyclic) bond motifs is 2. The lowest BCUT2D eigenvalue weighted by Gasteiger charge is -2.29. The van der Waals surface area contributed by atoms with Crippen LogP contribution < -0.4 is 15.7 Å². The summed E-state index contributed by atoms with van der Waals surface area (Å²) in [5.74, 6) is 1.06. The summed E-state index contributed by atoms with van der Waals surface area (Å²) < 4.78 is 10.8. The molecule has 39 heavy (non-hydrogen) atoms. The third-order valence-corrected chi connectivity index (χ3v) is 7.95. The van der Waals surface area contributed by atoms with Crippen molar-refractivity contribution >= 4 is 27.8 Å². The van der Waals surface area contributed by atoms with Crippen molar-refractivity contribution in [2.24, 2.45) is 5.92 Å². The van der Waals surface area contributed by atoms with Gasteiger partial charge in [0.2, 0.25) is 0 Å². The molecule has 1 N–H and O–H groups in total. The predicted molar refractivity (Wildman–Crippen MR) is 153 cm³/mol. The number of rotatable bonds is 7. The Morgan fingerprint density at radius 3 is 2.36 bits per heavy atom. The van der Waals surface area contributed by atoms with E-state index in [9.17, 15) is 9.59 Å². The standard InChI is InChI=1S/C31H33N5O3/c1-3-35-29(25-8-4-5-9-26(25)33-35)30(37)32-22-14-12-21(13-15-22)20-34-27-10-6-7-11-28(27)36(31(34)38)23-16-18-24(39-2)19-17-23/h4-11,16-19,21-22H,3,12-15,20H2,1-2H3,(H,32,37). The number of carbonyl (C=O) groups excluding carboxylic acids is 1. The van der Waals surface area contributed by atoms with Crippen LogP contribution in [0.4, 0.5) is 0 Å². The quantitative estimate of drug-likeness (QED) is 0.320. The summed E-state index contributed by atoms with van der Waals surface area (Å²) in [6.45, 7) is 3.31. The van der Waals surface area contributed by atoms with Gasteiger partial charge in [-0.05, 0) is 81.0 Å². The Morgan fingerprint density at radius 2 is 1.64 bits per heavy atom. The van der Waals surface area contributed by atoms with E-state index in [0.717, 1.165) is 59.1 Å². The molecule has 1 fully saturated rings. The lowest BCUT2D eigenvalue weighted by atomic mass is 9.86. The molecule has 0 radical (unpaired) electrons. The van der Waals surface area contributed by atoms with Crippen molar-refractivity contribution in [2.45, 2.75) is 51.7 Å². The van der Waals surface area contributed by atoms with Gasteiger partial charge >= 0.3 is 5.69 Å². The van der Waals surface area contributed by atoms with Crippen molar-refractivity contribution in [2.75, 3.05) is 7.11 Å². The van der Waals surface area contributed by atoms with Gasteiger partial charge in [0.25, 0.3) is 5.91 Å². The molecule has 8 nitrogen and oxygen atoms in total. The fourth-order valence-corrected chi connectivity index (χ4v) is 5.92. The van der Waals surface area contributed by atoms with Gasteiger partial charge in [0, 0.05) is 24.5 Å². The van der Waals surface area contributed by atoms with E-state index < -0.39 is 0 Å². The number of benzene rings is 3. The molecule has 8 heteroatoms. The van der Waals surface area contributed by atoms with Gasteiger partial charge in [0.1, 0.15) is 11.4 Å². The summed E-state index contributed by atoms with van der Waals surface area (Å²) in [6.07, 6.45) is 3.68. The number of imidazole rings is 1. The summed E-state index contributed by atoms with van der Waals surface area (Å²) in [5, 5.41) is 8.74. The van der Waals surface area contributed by atoms with Crippen LogP contribution in [0.3, 0.4) is 0 Å². The van der Waals surface area contributed by atoms with Gasteiger partial charge < -0.3 is 10.1 Å². The monoisotopic (exact) mass is 523 g/mol. The molecule has 6 rings (SSSR count). The Bertz CT molecular complexity index is 1690. The summed E-state index contributed by atoms with van der Waals surface area (Å²) in [5.41, 5.74) is 4.10. The Kier molecular flexibility index (Phi) is 6.69. The minimum atomic E-state index is -0.0622. The van der Waals surface area contributed by atoms with Crippen molar-refractivity contribution in [1.82, 2.24) is 24.2 Å². The van der Waals surface area contributed by atoms with Gasteiger partial charge in [0.15, 0.2) is 0 Å². The molecule has 0 unspecified atom stereocenters. The van der Waals surface area contributed by atoms with E-state index in [1.165, 1.54) is 0 Å². The van der Waals surface area contributed by atoms with E-state index in [1.54, 1.807) is 16.4 Å². The van der Waals surface area contributed by atoms with Crippen LogP contribution in [-0.4, -0.2) is 38.0 Å². The molecule has 1 saturated carbocycles. The first-order valence-electron chi connectivity index (χ1n) is 13.7. The number of para-hydroxylation sites is 2. The third-order valence-electron chi connectivity index (χ3n) is 7.95. The molecule has 1 aliphatic rings. The number of methoxy groups -OCH3 is 1. The fraction of sp³-hybridized carbons (Fsp3) is 0.323. The molecule has 0 spiro atoms. The highest BCUT2D eigenvalue weighted by Crippen LogP contribution is 2.28. The van der Waals surface area contributed by atoms with Crippen LogP contribution in [0, 0.1) is 5.92 Å². The molecule has 0 atom stereocenters. The van der Waals surface area contributed by atoms with Crippen molar-refractivity contribution in [3.63, 3.8) is 0 Å². The average molecular weight is 524 g/mol. The van der Waals surface area contributed by atoms with Crippen LogP contribution in [0.5, 0.6) is 5.75 Å². The lowest BCUT2D eigenvalue weighted by Crippen LogP contribution is -2.39. The number of ether oxygens (including phenoxy) is 1. The Labute approximate surface area is 226 Å². The van der Waals surface area contributed by atoms with E-state index in [4.69, 9.17) is 4.74 Å². The molecule has 0 saturated heterocycles. The lowest BCUT2D eigenvalue weighted by molar-refractivity contribution is 0.0911. The van der Waals surface area contributed by atoms with Gasteiger partial charge in [-0.25, -0.2) is 4.79 Å². The predicted octanol–water partition coefficient (Wildman–Crippen LogP) is 5.16. The van der Waals surface area contributed by atoms with Crippen molar-refractivity contribution in [1.29, 1.82) is 0 Å². The number of hydrogen-bond donors (Lipinski definition) is 1. The van der Waals surface area contributed by atoms with Gasteiger partial charge in [-0.3, -0.25) is 18.6 Å². The minimum absolute atomic E-state index is 0.0310. The zero-order chi connectivity index (χ0) is 26.9. The molecule has 3 aromatic carbocycles. The van der Waals surface area contributed by atoms with Crippen LogP contribution in [0.2, 0.25) is 0 Å². The highest BCUT2D eigenvalue weighted by atomic mass is 16.5. The number of hydrogen-bond acceptors (Lipinski definition) is 4. The first kappa shape index (κ1) is 25.0. The van der Waals surface area contributed by atoms with Crippen molar-refractivity contribution in [3.05, 3.63) is 89.0 Å². The smallest absolute Gasteiger partial charge is 0.333 e. The first-order valence-corrected chi connectivity index (χ1v) is 13.7. The van der Waals surface area contributed by atoms with Crippen molar-refractivity contribution in [3.8, 4) is 11.4 Å². The highest BCUT2D eigenvalue weighted by molar-refractivity contribution is 6.05. The molecule has 2 aromatic heterocycles. The maximum absolute atomic E-state index is 13.7. The molecular formula is C31H33N5O3. The Balaban J connectivity index is 1.17. The first-order chi connectivity index (χ1) is 19.1. The zero-order valence-corrected chi connectivity index (χ0v) is 22.3. The molecule has 0 aliphatic heterocycles. The highest BCUT2D eigenvalue weighted by Gasteiger charge is 2.27. The normalized spacial score (nSPS) is 17.5. The molecule has 5 aromatic rings. The van der Waals surface area contributed by atoms with Crippen LogP contribution in [0.15, 0.2) is 77.6 Å². The number of carbonyl (C=O) groups is 1. The average Bonchev–Trinajstić information content (AvgIpc) is 3.49. The number of amides is 1. The van der Waals surface area contributed by atoms with Crippen LogP contribution in [0.1, 0.15) is 43.1 Å². The van der Waals surface area contributed by atoms with Crippen LogP contribution in [0.25, 0.3) is 27.6 Å². The van der Waals surface area contributed by atoms with E-state index in [2.05, 4.69) is 10.4 Å². The summed E-state index contributed by atoms with van der Waals surface area (Å²) >= 11 is 0. The van der Waals surface area contributed by atoms with E-state index >= 15 is 0 Å². The topological polar surface area (TPSA) is 83.1 Å². The maximum atomic E-state index is 13.7. The second-order valence-electron chi connectivity index (χ2n) is 10.3. The Morgan fingerprint density at radius 1 is 0.949 bits per heavy atom.